The fraction of sp³-hybridized carbons (Fsp3) is 0.643. The molecule has 0 aromatic heterocycles. The van der Waals surface area contributed by atoms with E-state index >= 15 is 0 Å². The van der Waals surface area contributed by atoms with Crippen molar-refractivity contribution < 1.29 is 28.9 Å². The van der Waals surface area contributed by atoms with E-state index in [4.69, 9.17) is 4.74 Å². The lowest BCUT2D eigenvalue weighted by Crippen LogP contribution is -2.40. The maximum absolute atomic E-state index is 11.7. The van der Waals surface area contributed by atoms with Gasteiger partial charge < -0.3 is 19.3 Å². The van der Waals surface area contributed by atoms with Gasteiger partial charge in [-0.1, -0.05) is 20.8 Å². The molecule has 0 rings (SSSR count). The van der Waals surface area contributed by atoms with Gasteiger partial charge in [-0.25, -0.2) is 9.59 Å². The summed E-state index contributed by atoms with van der Waals surface area (Å²) in [5.41, 5.74) is -0.528. The Morgan fingerprint density at radius 3 is 2.10 bits per heavy atom. The van der Waals surface area contributed by atoms with Crippen molar-refractivity contribution in [1.29, 1.82) is 0 Å². The van der Waals surface area contributed by atoms with E-state index in [0.29, 0.717) is 6.54 Å². The lowest BCUT2D eigenvalue weighted by Gasteiger charge is -2.24. The van der Waals surface area contributed by atoms with Crippen LogP contribution >= 0.6 is 0 Å². The van der Waals surface area contributed by atoms with Crippen LogP contribution < -0.4 is 0 Å². The number of esters is 2. The minimum atomic E-state index is -2.17. The Morgan fingerprint density at radius 1 is 1.14 bits per heavy atom. The van der Waals surface area contributed by atoms with Crippen molar-refractivity contribution in [2.75, 3.05) is 27.9 Å². The summed E-state index contributed by atoms with van der Waals surface area (Å²) in [6, 6.07) is 0. The van der Waals surface area contributed by atoms with Gasteiger partial charge in [-0.05, 0) is 5.41 Å². The van der Waals surface area contributed by atoms with Crippen molar-refractivity contribution in [2.24, 2.45) is 10.4 Å². The van der Waals surface area contributed by atoms with Crippen molar-refractivity contribution >= 4 is 18.2 Å². The second-order valence-corrected chi connectivity index (χ2v) is 5.50. The molecule has 0 amide bonds. The maximum atomic E-state index is 11.7. The Bertz CT molecular complexity index is 435. The Hall–Kier alpha value is -1.73. The van der Waals surface area contributed by atoms with Crippen LogP contribution in [0.1, 0.15) is 20.8 Å². The minimum Gasteiger partial charge on any atom is -0.466 e. The summed E-state index contributed by atoms with van der Waals surface area (Å²) in [5, 5.41) is 10.4. The Balaban J connectivity index is 5.52. The van der Waals surface area contributed by atoms with Gasteiger partial charge >= 0.3 is 11.9 Å². The average Bonchev–Trinajstić information content (AvgIpc) is 2.41. The molecule has 21 heavy (non-hydrogen) atoms. The highest BCUT2D eigenvalue weighted by molar-refractivity contribution is 6.01. The molecule has 0 aliphatic heterocycles. The number of hydrogen-bond acceptors (Lipinski definition) is 7. The third-order valence-electron chi connectivity index (χ3n) is 2.40. The van der Waals surface area contributed by atoms with E-state index in [2.05, 4.69) is 14.5 Å². The van der Waals surface area contributed by atoms with Crippen LogP contribution in [0.2, 0.25) is 0 Å². The molecule has 0 bridgehead atoms. The number of ether oxygens (including phenoxy) is 3. The van der Waals surface area contributed by atoms with Gasteiger partial charge in [0.25, 0.3) is 0 Å². The van der Waals surface area contributed by atoms with E-state index in [0.717, 1.165) is 26.5 Å². The second kappa shape index (κ2) is 7.90. The molecule has 1 N–H and O–H groups in total. The van der Waals surface area contributed by atoms with Gasteiger partial charge in [-0.2, -0.15) is 0 Å². The highest BCUT2D eigenvalue weighted by Crippen LogP contribution is 2.19. The monoisotopic (exact) mass is 301 g/mol. The highest BCUT2D eigenvalue weighted by atomic mass is 16.6. The number of carbonyl (C=O) groups is 2. The predicted molar refractivity (Wildman–Crippen MR) is 76.9 cm³/mol. The first kappa shape index (κ1) is 19.3. The van der Waals surface area contributed by atoms with Crippen LogP contribution in [0.15, 0.2) is 16.6 Å². The fourth-order valence-corrected chi connectivity index (χ4v) is 1.27. The van der Waals surface area contributed by atoms with Gasteiger partial charge in [0.05, 0.1) is 20.4 Å². The molecule has 7 heteroatoms. The first-order valence-corrected chi connectivity index (χ1v) is 6.26. The van der Waals surface area contributed by atoms with Gasteiger partial charge in [-0.15, -0.1) is 0 Å². The van der Waals surface area contributed by atoms with Crippen LogP contribution in [0.3, 0.4) is 0 Å². The molecule has 0 fully saturated rings. The third-order valence-corrected chi connectivity index (χ3v) is 2.40. The summed E-state index contributed by atoms with van der Waals surface area (Å²) in [6.07, 6.45) is 1.86. The molecule has 0 aliphatic carbocycles. The summed E-state index contributed by atoms with van der Waals surface area (Å²) in [7, 11) is 3.44. The molecular weight excluding hydrogens is 278 g/mol. The fourth-order valence-electron chi connectivity index (χ4n) is 1.27. The van der Waals surface area contributed by atoms with E-state index in [9.17, 15) is 14.7 Å². The number of methoxy groups -OCH3 is 3. The number of aliphatic hydroxyl groups is 1. The number of nitrogens with zero attached hydrogens (tertiary/aromatic N) is 1. The lowest BCUT2D eigenvalue weighted by molar-refractivity contribution is -0.148. The zero-order chi connectivity index (χ0) is 16.7. The van der Waals surface area contributed by atoms with Gasteiger partial charge in [0.15, 0.2) is 0 Å². The average molecular weight is 301 g/mol. The van der Waals surface area contributed by atoms with Crippen molar-refractivity contribution in [3.63, 3.8) is 0 Å². The van der Waals surface area contributed by atoms with Crippen LogP contribution in [-0.2, 0) is 23.8 Å². The van der Waals surface area contributed by atoms with Gasteiger partial charge in [0.2, 0.25) is 5.79 Å². The smallest absolute Gasteiger partial charge is 0.339 e. The third kappa shape index (κ3) is 6.50. The number of rotatable bonds is 6. The standard InChI is InChI=1S/C14H23NO6/c1-13(2,3)8-15-9-14(18,21-6)10(12(17)20-5)7-11(16)19-4/h7,9,18H,8H2,1-6H3/b10-7+,15-9?. The van der Waals surface area contributed by atoms with E-state index in [1.165, 1.54) is 7.11 Å². The maximum Gasteiger partial charge on any atom is 0.339 e. The zero-order valence-corrected chi connectivity index (χ0v) is 13.3. The highest BCUT2D eigenvalue weighted by Gasteiger charge is 2.36. The predicted octanol–water partition coefficient (Wildman–Crippen LogP) is 0.711. The number of carbonyl (C=O) groups excluding carboxylic acids is 2. The molecule has 1 unspecified atom stereocenters. The first-order chi connectivity index (χ1) is 9.59. The number of hydrogen-bond donors (Lipinski definition) is 1. The molecular formula is C14H23NO6. The quantitative estimate of drug-likeness (QED) is 0.336. The molecule has 0 saturated carbocycles. The van der Waals surface area contributed by atoms with E-state index < -0.39 is 23.3 Å². The lowest BCUT2D eigenvalue weighted by atomic mass is 9.97. The summed E-state index contributed by atoms with van der Waals surface area (Å²) in [6.45, 7) is 6.27. The van der Waals surface area contributed by atoms with E-state index in [-0.39, 0.29) is 5.41 Å². The molecule has 120 valence electrons. The van der Waals surface area contributed by atoms with Crippen molar-refractivity contribution in [2.45, 2.75) is 26.6 Å². The molecule has 0 saturated heterocycles. The number of aliphatic imine (C=N–C) groups is 1. The van der Waals surface area contributed by atoms with Gasteiger partial charge in [0.1, 0.15) is 5.57 Å². The summed E-state index contributed by atoms with van der Waals surface area (Å²) < 4.78 is 13.9. The molecule has 0 aromatic rings. The molecule has 0 heterocycles. The van der Waals surface area contributed by atoms with Crippen molar-refractivity contribution in [3.8, 4) is 0 Å². The largest absolute Gasteiger partial charge is 0.466 e. The summed E-state index contributed by atoms with van der Waals surface area (Å²) in [4.78, 5) is 27.1. The summed E-state index contributed by atoms with van der Waals surface area (Å²) >= 11 is 0. The van der Waals surface area contributed by atoms with Gasteiger partial charge in [0, 0.05) is 19.7 Å². The Kier molecular flexibility index (Phi) is 7.25. The van der Waals surface area contributed by atoms with Crippen LogP contribution in [-0.4, -0.2) is 56.9 Å². The molecule has 0 spiro atoms. The van der Waals surface area contributed by atoms with Crippen molar-refractivity contribution in [3.05, 3.63) is 11.6 Å². The zero-order valence-electron chi connectivity index (χ0n) is 13.3. The Morgan fingerprint density at radius 2 is 1.71 bits per heavy atom. The van der Waals surface area contributed by atoms with Crippen LogP contribution in [0.4, 0.5) is 0 Å². The van der Waals surface area contributed by atoms with E-state index in [1.807, 2.05) is 20.8 Å². The normalized spacial score (nSPS) is 15.7. The first-order valence-electron chi connectivity index (χ1n) is 6.26. The SMILES string of the molecule is COC(=O)/C=C(\C(=O)OC)C(O)(C=NCC(C)(C)C)OC. The van der Waals surface area contributed by atoms with E-state index in [1.54, 1.807) is 0 Å². The summed E-state index contributed by atoms with van der Waals surface area (Å²) in [5.74, 6) is -3.92. The van der Waals surface area contributed by atoms with Gasteiger partial charge in [-0.3, -0.25) is 4.99 Å². The van der Waals surface area contributed by atoms with Crippen LogP contribution in [0.25, 0.3) is 0 Å². The van der Waals surface area contributed by atoms with Crippen LogP contribution in [0.5, 0.6) is 0 Å². The molecule has 0 aromatic carbocycles. The van der Waals surface area contributed by atoms with Crippen molar-refractivity contribution in [1.82, 2.24) is 0 Å². The second-order valence-electron chi connectivity index (χ2n) is 5.50. The Labute approximate surface area is 124 Å². The molecule has 7 nitrogen and oxygen atoms in total. The van der Waals surface area contributed by atoms with Crippen LogP contribution in [0, 0.1) is 5.41 Å². The molecule has 0 aliphatic rings. The minimum absolute atomic E-state index is 0.108. The molecule has 0 radical (unpaired) electrons. The molecule has 1 atom stereocenters. The topological polar surface area (TPSA) is 94.4 Å².